The number of hydrazine groups is 1. The van der Waals surface area contributed by atoms with E-state index in [-0.39, 0.29) is 0 Å². The third kappa shape index (κ3) is 4.20. The summed E-state index contributed by atoms with van der Waals surface area (Å²) < 4.78 is 5.32. The van der Waals surface area contributed by atoms with E-state index in [1.54, 1.807) is 11.8 Å². The Morgan fingerprint density at radius 1 is 1.26 bits per heavy atom. The summed E-state index contributed by atoms with van der Waals surface area (Å²) in [4.78, 5) is 9.81. The Labute approximate surface area is 116 Å². The fourth-order valence-corrected chi connectivity index (χ4v) is 2.32. The lowest BCUT2D eigenvalue weighted by Gasteiger charge is -2.07. The molecule has 5 nitrogen and oxygen atoms in total. The molecule has 100 valence electrons. The zero-order valence-electron chi connectivity index (χ0n) is 10.7. The molecule has 0 bridgehead atoms. The Bertz CT molecular complexity index is 521. The highest BCUT2D eigenvalue weighted by Gasteiger charge is 2.05. The van der Waals surface area contributed by atoms with Crippen LogP contribution in [0.1, 0.15) is 12.7 Å². The zero-order chi connectivity index (χ0) is 13.5. The van der Waals surface area contributed by atoms with Gasteiger partial charge in [-0.15, -0.1) is 0 Å². The van der Waals surface area contributed by atoms with E-state index in [0.717, 1.165) is 9.92 Å². The van der Waals surface area contributed by atoms with Crippen molar-refractivity contribution < 1.29 is 4.74 Å². The Morgan fingerprint density at radius 3 is 2.74 bits per heavy atom. The van der Waals surface area contributed by atoms with Crippen molar-refractivity contribution >= 4 is 17.6 Å². The van der Waals surface area contributed by atoms with Crippen LogP contribution in [0.25, 0.3) is 0 Å². The molecule has 0 unspecified atom stereocenters. The van der Waals surface area contributed by atoms with Crippen LogP contribution in [-0.4, -0.2) is 16.6 Å². The first-order valence-corrected chi connectivity index (χ1v) is 6.78. The van der Waals surface area contributed by atoms with Crippen molar-refractivity contribution in [3.05, 3.63) is 42.2 Å². The molecule has 6 heteroatoms. The molecule has 0 saturated carbocycles. The quantitative estimate of drug-likeness (QED) is 0.479. The lowest BCUT2D eigenvalue weighted by atomic mass is 10.4. The van der Waals surface area contributed by atoms with Crippen molar-refractivity contribution in [2.75, 3.05) is 12.0 Å². The summed E-state index contributed by atoms with van der Waals surface area (Å²) in [6.07, 6.45) is 0. The number of benzene rings is 1. The highest BCUT2D eigenvalue weighted by Crippen LogP contribution is 2.27. The standard InChI is InChI=1S/C13H16N4OS/c1-2-18-9-12-15-11(17-14)8-13(16-12)19-10-6-4-3-5-7-10/h3-8H,2,9,14H2,1H3,(H,15,16,17). The fraction of sp³-hybridized carbons (Fsp3) is 0.231. The Morgan fingerprint density at radius 2 is 2.05 bits per heavy atom. The molecule has 1 aromatic carbocycles. The van der Waals surface area contributed by atoms with Gasteiger partial charge in [-0.3, -0.25) is 0 Å². The SMILES string of the molecule is CCOCc1nc(NN)cc(Sc2ccccc2)n1. The van der Waals surface area contributed by atoms with Gasteiger partial charge < -0.3 is 10.2 Å². The van der Waals surface area contributed by atoms with E-state index in [9.17, 15) is 0 Å². The maximum Gasteiger partial charge on any atom is 0.157 e. The molecule has 1 aromatic heterocycles. The van der Waals surface area contributed by atoms with Crippen LogP contribution in [0.2, 0.25) is 0 Å². The summed E-state index contributed by atoms with van der Waals surface area (Å²) in [7, 11) is 0. The third-order valence-electron chi connectivity index (χ3n) is 2.30. The number of rotatable bonds is 6. The van der Waals surface area contributed by atoms with E-state index < -0.39 is 0 Å². The number of nitrogens with two attached hydrogens (primary N) is 1. The summed E-state index contributed by atoms with van der Waals surface area (Å²) in [5, 5.41) is 0.837. The molecule has 0 amide bonds. The molecule has 19 heavy (non-hydrogen) atoms. The Balaban J connectivity index is 2.19. The molecule has 0 aliphatic heterocycles. The number of nitrogens with zero attached hydrogens (tertiary/aromatic N) is 2. The Kier molecular flexibility index (Phi) is 5.14. The Hall–Kier alpha value is -1.63. The predicted molar refractivity (Wildman–Crippen MR) is 75.7 cm³/mol. The average molecular weight is 276 g/mol. The van der Waals surface area contributed by atoms with Gasteiger partial charge in [0.15, 0.2) is 5.82 Å². The van der Waals surface area contributed by atoms with E-state index in [2.05, 4.69) is 15.4 Å². The van der Waals surface area contributed by atoms with Crippen LogP contribution < -0.4 is 11.3 Å². The van der Waals surface area contributed by atoms with Crippen molar-refractivity contribution in [3.63, 3.8) is 0 Å². The molecule has 0 saturated heterocycles. The number of anilines is 1. The first-order chi connectivity index (χ1) is 9.31. The lowest BCUT2D eigenvalue weighted by molar-refractivity contribution is 0.128. The van der Waals surface area contributed by atoms with Crippen LogP contribution in [0.4, 0.5) is 5.82 Å². The summed E-state index contributed by atoms with van der Waals surface area (Å²) in [5.41, 5.74) is 2.55. The molecule has 0 spiro atoms. The second-order valence-corrected chi connectivity index (χ2v) is 4.80. The van der Waals surface area contributed by atoms with Gasteiger partial charge in [0.2, 0.25) is 0 Å². The van der Waals surface area contributed by atoms with Crippen LogP contribution in [0.3, 0.4) is 0 Å². The topological polar surface area (TPSA) is 73.1 Å². The highest BCUT2D eigenvalue weighted by atomic mass is 32.2. The monoisotopic (exact) mass is 276 g/mol. The molecule has 1 heterocycles. The average Bonchev–Trinajstić information content (AvgIpc) is 2.46. The molecule has 3 N–H and O–H groups in total. The van der Waals surface area contributed by atoms with Gasteiger partial charge >= 0.3 is 0 Å². The number of nitrogens with one attached hydrogen (secondary N) is 1. The zero-order valence-corrected chi connectivity index (χ0v) is 11.5. The highest BCUT2D eigenvalue weighted by molar-refractivity contribution is 7.99. The van der Waals surface area contributed by atoms with Gasteiger partial charge in [-0.2, -0.15) is 0 Å². The van der Waals surface area contributed by atoms with Crippen LogP contribution in [0, 0.1) is 0 Å². The van der Waals surface area contributed by atoms with Crippen molar-refractivity contribution in [1.29, 1.82) is 0 Å². The number of nitrogen functional groups attached to an aromatic ring is 1. The number of ether oxygens (including phenoxy) is 1. The molecule has 0 fully saturated rings. The second kappa shape index (κ2) is 7.08. The van der Waals surface area contributed by atoms with E-state index in [0.29, 0.717) is 24.9 Å². The van der Waals surface area contributed by atoms with Gasteiger partial charge in [0.05, 0.1) is 0 Å². The number of aromatic nitrogens is 2. The largest absolute Gasteiger partial charge is 0.374 e. The van der Waals surface area contributed by atoms with Crippen LogP contribution in [0.5, 0.6) is 0 Å². The smallest absolute Gasteiger partial charge is 0.157 e. The fourth-order valence-electron chi connectivity index (χ4n) is 1.47. The summed E-state index contributed by atoms with van der Waals surface area (Å²) >= 11 is 1.56. The molecular weight excluding hydrogens is 260 g/mol. The summed E-state index contributed by atoms with van der Waals surface area (Å²) in [6, 6.07) is 11.8. The molecule has 0 aliphatic carbocycles. The van der Waals surface area contributed by atoms with E-state index in [1.165, 1.54) is 0 Å². The maximum atomic E-state index is 5.42. The van der Waals surface area contributed by atoms with Gasteiger partial charge in [0.1, 0.15) is 17.5 Å². The molecule has 2 rings (SSSR count). The minimum absolute atomic E-state index is 0.383. The maximum absolute atomic E-state index is 5.42. The van der Waals surface area contributed by atoms with Gasteiger partial charge in [0, 0.05) is 17.6 Å². The van der Waals surface area contributed by atoms with Crippen LogP contribution in [-0.2, 0) is 11.3 Å². The van der Waals surface area contributed by atoms with Crippen molar-refractivity contribution in [3.8, 4) is 0 Å². The van der Waals surface area contributed by atoms with E-state index >= 15 is 0 Å². The van der Waals surface area contributed by atoms with Crippen LogP contribution >= 0.6 is 11.8 Å². The van der Waals surface area contributed by atoms with Gasteiger partial charge in [0.25, 0.3) is 0 Å². The predicted octanol–water partition coefficient (Wildman–Crippen LogP) is 2.45. The number of hydrogen-bond donors (Lipinski definition) is 2. The number of hydrogen-bond acceptors (Lipinski definition) is 6. The minimum atomic E-state index is 0.383. The molecular formula is C13H16N4OS. The first-order valence-electron chi connectivity index (χ1n) is 5.97. The summed E-state index contributed by atoms with van der Waals surface area (Å²) in [6.45, 7) is 2.95. The van der Waals surface area contributed by atoms with Crippen molar-refractivity contribution in [2.24, 2.45) is 5.84 Å². The van der Waals surface area contributed by atoms with E-state index in [4.69, 9.17) is 10.6 Å². The van der Waals surface area contributed by atoms with Gasteiger partial charge in [-0.05, 0) is 19.1 Å². The third-order valence-corrected chi connectivity index (χ3v) is 3.22. The minimum Gasteiger partial charge on any atom is -0.374 e. The summed E-state index contributed by atoms with van der Waals surface area (Å²) in [5.74, 6) is 6.63. The lowest BCUT2D eigenvalue weighted by Crippen LogP contribution is -2.11. The molecule has 0 atom stereocenters. The molecule has 2 aromatic rings. The van der Waals surface area contributed by atoms with E-state index in [1.807, 2.05) is 43.3 Å². The van der Waals surface area contributed by atoms with Crippen molar-refractivity contribution in [1.82, 2.24) is 9.97 Å². The molecule has 0 aliphatic rings. The van der Waals surface area contributed by atoms with Crippen LogP contribution in [0.15, 0.2) is 46.3 Å². The normalized spacial score (nSPS) is 10.4. The second-order valence-electron chi connectivity index (χ2n) is 3.70. The van der Waals surface area contributed by atoms with Crippen molar-refractivity contribution in [2.45, 2.75) is 23.5 Å². The first kappa shape index (κ1) is 13.8. The van der Waals surface area contributed by atoms with Gasteiger partial charge in [-0.1, -0.05) is 30.0 Å². The van der Waals surface area contributed by atoms with Gasteiger partial charge in [-0.25, -0.2) is 15.8 Å². The molecule has 0 radical (unpaired) electrons.